The van der Waals surface area contributed by atoms with Gasteiger partial charge in [0.15, 0.2) is 5.01 Å². The van der Waals surface area contributed by atoms with E-state index in [1.54, 1.807) is 41.3 Å². The second-order valence-electron chi connectivity index (χ2n) is 8.02. The summed E-state index contributed by atoms with van der Waals surface area (Å²) < 4.78 is 39.6. The lowest BCUT2D eigenvalue weighted by molar-refractivity contribution is -0.141. The Balaban J connectivity index is 1.30. The first-order valence-electron chi connectivity index (χ1n) is 10.1. The Kier molecular flexibility index (Phi) is 5.82. The second kappa shape index (κ2) is 8.27. The van der Waals surface area contributed by atoms with Crippen molar-refractivity contribution >= 4 is 23.2 Å². The van der Waals surface area contributed by atoms with Crippen molar-refractivity contribution in [3.8, 4) is 0 Å². The zero-order valence-corrected chi connectivity index (χ0v) is 18.2. The average Bonchev–Trinajstić information content (AvgIpc) is 3.30. The Bertz CT molecular complexity index is 958. The van der Waals surface area contributed by atoms with Gasteiger partial charge in [0.25, 0.3) is 11.8 Å². The number of aryl methyl sites for hydroxylation is 1. The van der Waals surface area contributed by atoms with Crippen molar-refractivity contribution in [3.63, 3.8) is 0 Å². The molecule has 0 N–H and O–H groups in total. The molecule has 0 spiro atoms. The molecule has 4 heterocycles. The van der Waals surface area contributed by atoms with E-state index in [4.69, 9.17) is 0 Å². The van der Waals surface area contributed by atoms with E-state index in [1.807, 2.05) is 0 Å². The number of piperazine rings is 1. The standard InChI is InChI=1S/C20H24F3N5O2S/c1-13-9-16(14(2)28(13)12-20(21,22)23)18(29)27-10-15(11-27)25-4-6-26(7-5-25)19(30)17-24-3-8-31-17/h3,8-9,15H,4-7,10-12H2,1-2H3. The van der Waals surface area contributed by atoms with E-state index in [0.29, 0.717) is 48.1 Å². The van der Waals surface area contributed by atoms with Crippen molar-refractivity contribution in [2.45, 2.75) is 32.6 Å². The van der Waals surface area contributed by atoms with Crippen molar-refractivity contribution in [2.24, 2.45) is 0 Å². The highest BCUT2D eigenvalue weighted by Crippen LogP contribution is 2.26. The lowest BCUT2D eigenvalue weighted by Crippen LogP contribution is -2.64. The van der Waals surface area contributed by atoms with Gasteiger partial charge in [0.1, 0.15) is 6.54 Å². The third-order valence-electron chi connectivity index (χ3n) is 6.02. The molecule has 2 saturated heterocycles. The van der Waals surface area contributed by atoms with Gasteiger partial charge in [-0.2, -0.15) is 13.2 Å². The molecule has 0 aliphatic carbocycles. The molecule has 2 amide bonds. The first-order valence-corrected chi connectivity index (χ1v) is 11.0. The van der Waals surface area contributed by atoms with Crippen molar-refractivity contribution in [1.82, 2.24) is 24.3 Å². The molecule has 0 radical (unpaired) electrons. The molecule has 11 heteroatoms. The van der Waals surface area contributed by atoms with E-state index in [2.05, 4.69) is 9.88 Å². The van der Waals surface area contributed by atoms with Gasteiger partial charge in [0.05, 0.1) is 5.56 Å². The summed E-state index contributed by atoms with van der Waals surface area (Å²) >= 11 is 1.33. The molecule has 2 aliphatic heterocycles. The topological polar surface area (TPSA) is 61.7 Å². The number of aromatic nitrogens is 2. The van der Waals surface area contributed by atoms with Crippen molar-refractivity contribution in [2.75, 3.05) is 39.3 Å². The van der Waals surface area contributed by atoms with Gasteiger partial charge in [0.2, 0.25) is 0 Å². The Morgan fingerprint density at radius 1 is 1.10 bits per heavy atom. The maximum absolute atomic E-state index is 12.8. The van der Waals surface area contributed by atoms with Gasteiger partial charge in [-0.05, 0) is 19.9 Å². The molecule has 0 saturated carbocycles. The van der Waals surface area contributed by atoms with Crippen LogP contribution in [0.2, 0.25) is 0 Å². The van der Waals surface area contributed by atoms with Crippen LogP contribution in [0.3, 0.4) is 0 Å². The Labute approximate surface area is 182 Å². The molecule has 0 bridgehead atoms. The van der Waals surface area contributed by atoms with Crippen molar-refractivity contribution in [1.29, 1.82) is 0 Å². The quantitative estimate of drug-likeness (QED) is 0.711. The summed E-state index contributed by atoms with van der Waals surface area (Å²) in [6, 6.07) is 1.75. The molecule has 2 aromatic rings. The number of amides is 2. The highest BCUT2D eigenvalue weighted by atomic mass is 32.1. The van der Waals surface area contributed by atoms with Gasteiger partial charge in [0, 0.05) is 68.3 Å². The molecular weight excluding hydrogens is 431 g/mol. The van der Waals surface area contributed by atoms with Crippen LogP contribution in [0.15, 0.2) is 17.6 Å². The molecule has 4 rings (SSSR count). The first kappa shape index (κ1) is 21.8. The number of thiazole rings is 1. The van der Waals surface area contributed by atoms with Crippen LogP contribution < -0.4 is 0 Å². The molecule has 0 aromatic carbocycles. The van der Waals surface area contributed by atoms with Crippen LogP contribution in [0.1, 0.15) is 31.5 Å². The average molecular weight is 456 g/mol. The fourth-order valence-corrected chi connectivity index (χ4v) is 4.82. The highest BCUT2D eigenvalue weighted by molar-refractivity contribution is 7.11. The number of carbonyl (C=O) groups excluding carboxylic acids is 2. The maximum Gasteiger partial charge on any atom is 0.406 e. The van der Waals surface area contributed by atoms with Crippen LogP contribution >= 0.6 is 11.3 Å². The van der Waals surface area contributed by atoms with E-state index >= 15 is 0 Å². The summed E-state index contributed by atoms with van der Waals surface area (Å²) in [6.07, 6.45) is -2.71. The Morgan fingerprint density at radius 3 is 2.35 bits per heavy atom. The minimum Gasteiger partial charge on any atom is -0.339 e. The van der Waals surface area contributed by atoms with Crippen molar-refractivity contribution < 1.29 is 22.8 Å². The summed E-state index contributed by atoms with van der Waals surface area (Å²) in [4.78, 5) is 35.0. The number of likely N-dealkylation sites (tertiary alicyclic amines) is 1. The molecule has 31 heavy (non-hydrogen) atoms. The zero-order chi connectivity index (χ0) is 22.3. The lowest BCUT2D eigenvalue weighted by atomic mass is 10.0. The van der Waals surface area contributed by atoms with Crippen LogP contribution in [-0.2, 0) is 6.54 Å². The van der Waals surface area contributed by atoms with Gasteiger partial charge < -0.3 is 14.4 Å². The van der Waals surface area contributed by atoms with Gasteiger partial charge in [-0.1, -0.05) is 0 Å². The van der Waals surface area contributed by atoms with E-state index in [0.717, 1.165) is 17.7 Å². The maximum atomic E-state index is 12.8. The normalized spacial score (nSPS) is 18.4. The zero-order valence-electron chi connectivity index (χ0n) is 17.4. The molecule has 7 nitrogen and oxygen atoms in total. The molecule has 2 aliphatic rings. The molecule has 2 aromatic heterocycles. The minimum absolute atomic E-state index is 0.0470. The van der Waals surface area contributed by atoms with E-state index < -0.39 is 12.7 Å². The molecule has 0 atom stereocenters. The van der Waals surface area contributed by atoms with Crippen LogP contribution in [0.25, 0.3) is 0 Å². The first-order chi connectivity index (χ1) is 14.6. The summed E-state index contributed by atoms with van der Waals surface area (Å²) in [5, 5.41) is 2.28. The van der Waals surface area contributed by atoms with Crippen LogP contribution in [0.4, 0.5) is 13.2 Å². The molecular formula is C20H24F3N5O2S. The van der Waals surface area contributed by atoms with Gasteiger partial charge in [-0.15, -0.1) is 11.3 Å². The number of hydrogen-bond donors (Lipinski definition) is 0. The van der Waals surface area contributed by atoms with Crippen LogP contribution in [0, 0.1) is 13.8 Å². The smallest absolute Gasteiger partial charge is 0.339 e. The fraction of sp³-hybridized carbons (Fsp3) is 0.550. The lowest BCUT2D eigenvalue weighted by Gasteiger charge is -2.48. The predicted molar refractivity (Wildman–Crippen MR) is 109 cm³/mol. The van der Waals surface area contributed by atoms with E-state index in [-0.39, 0.29) is 17.9 Å². The molecule has 0 unspecified atom stereocenters. The van der Waals surface area contributed by atoms with E-state index in [9.17, 15) is 22.8 Å². The second-order valence-corrected chi connectivity index (χ2v) is 8.91. The largest absolute Gasteiger partial charge is 0.406 e. The highest BCUT2D eigenvalue weighted by Gasteiger charge is 2.38. The Morgan fingerprint density at radius 2 is 1.77 bits per heavy atom. The summed E-state index contributed by atoms with van der Waals surface area (Å²) in [7, 11) is 0. The number of carbonyl (C=O) groups is 2. The molecule has 168 valence electrons. The minimum atomic E-state index is -4.33. The number of alkyl halides is 3. The van der Waals surface area contributed by atoms with Crippen molar-refractivity contribution in [3.05, 3.63) is 39.6 Å². The third-order valence-corrected chi connectivity index (χ3v) is 6.79. The van der Waals surface area contributed by atoms with Gasteiger partial charge in [-0.25, -0.2) is 4.98 Å². The number of halogens is 3. The molecule has 2 fully saturated rings. The van der Waals surface area contributed by atoms with Gasteiger partial charge in [-0.3, -0.25) is 14.5 Å². The Hall–Kier alpha value is -2.40. The number of nitrogens with zero attached hydrogens (tertiary/aromatic N) is 5. The van der Waals surface area contributed by atoms with Crippen LogP contribution in [-0.4, -0.2) is 87.6 Å². The fourth-order valence-electron chi connectivity index (χ4n) is 4.22. The van der Waals surface area contributed by atoms with Gasteiger partial charge >= 0.3 is 6.18 Å². The number of rotatable bonds is 4. The number of hydrogen-bond acceptors (Lipinski definition) is 5. The predicted octanol–water partition coefficient (Wildman–Crippen LogP) is 2.41. The van der Waals surface area contributed by atoms with E-state index in [1.165, 1.54) is 11.3 Å². The summed E-state index contributed by atoms with van der Waals surface area (Å²) in [5.41, 5.74) is 1.10. The third kappa shape index (κ3) is 4.47. The van der Waals surface area contributed by atoms with Crippen LogP contribution in [0.5, 0.6) is 0 Å². The summed E-state index contributed by atoms with van der Waals surface area (Å²) in [6.45, 7) is 5.81. The SMILES string of the molecule is Cc1cc(C(=O)N2CC(N3CCN(C(=O)c4nccs4)CC3)C2)c(C)n1CC(F)(F)F. The monoisotopic (exact) mass is 455 g/mol. The summed E-state index contributed by atoms with van der Waals surface area (Å²) in [5.74, 6) is -0.273.